The normalized spacial score (nSPS) is 22.4. The van der Waals surface area contributed by atoms with Crippen LogP contribution in [0, 0.1) is 0 Å². The molecular weight excluding hydrogens is 288 g/mol. The highest BCUT2D eigenvalue weighted by Gasteiger charge is 2.31. The number of nitrogens with zero attached hydrogens (tertiary/aromatic N) is 1. The van der Waals surface area contributed by atoms with Gasteiger partial charge < -0.3 is 19.7 Å². The minimum absolute atomic E-state index is 0.0682. The van der Waals surface area contributed by atoms with Gasteiger partial charge in [-0.25, -0.2) is 0 Å². The molecule has 0 saturated carbocycles. The Labute approximate surface area is 130 Å². The van der Waals surface area contributed by atoms with Gasteiger partial charge in [-0.3, -0.25) is 14.4 Å². The maximum atomic E-state index is 12.2. The number of esters is 1. The molecule has 7 nitrogen and oxygen atoms in total. The molecule has 0 aromatic heterocycles. The number of carbonyl (C=O) groups is 3. The molecule has 1 N–H and O–H groups in total. The van der Waals surface area contributed by atoms with Gasteiger partial charge in [-0.15, -0.1) is 0 Å². The van der Waals surface area contributed by atoms with E-state index in [1.165, 1.54) is 7.11 Å². The third-order valence-electron chi connectivity index (χ3n) is 4.16. The molecule has 22 heavy (non-hydrogen) atoms. The van der Waals surface area contributed by atoms with Gasteiger partial charge in [0.1, 0.15) is 6.10 Å². The monoisotopic (exact) mass is 312 g/mol. The lowest BCUT2D eigenvalue weighted by molar-refractivity contribution is -0.143. The van der Waals surface area contributed by atoms with Crippen LogP contribution in [0.2, 0.25) is 0 Å². The molecule has 2 aliphatic rings. The molecule has 2 fully saturated rings. The molecule has 2 rings (SSSR count). The van der Waals surface area contributed by atoms with E-state index in [-0.39, 0.29) is 42.8 Å². The summed E-state index contributed by atoms with van der Waals surface area (Å²) in [4.78, 5) is 36.8. The molecule has 124 valence electrons. The van der Waals surface area contributed by atoms with E-state index in [9.17, 15) is 14.4 Å². The van der Waals surface area contributed by atoms with Crippen molar-refractivity contribution in [3.05, 3.63) is 0 Å². The van der Waals surface area contributed by atoms with Crippen LogP contribution in [0.3, 0.4) is 0 Å². The fourth-order valence-electron chi connectivity index (χ4n) is 2.84. The fraction of sp³-hybridized carbons (Fsp3) is 0.800. The molecule has 2 aliphatic heterocycles. The molecule has 7 heteroatoms. The number of carbonyl (C=O) groups excluding carboxylic acids is 3. The molecule has 0 aromatic rings. The predicted octanol–water partition coefficient (Wildman–Crippen LogP) is 0.226. The largest absolute Gasteiger partial charge is 0.469 e. The quantitative estimate of drug-likeness (QED) is 0.734. The van der Waals surface area contributed by atoms with Gasteiger partial charge in [0, 0.05) is 32.2 Å². The van der Waals surface area contributed by atoms with Crippen LogP contribution in [-0.2, 0) is 23.9 Å². The third-order valence-corrected chi connectivity index (χ3v) is 4.16. The predicted molar refractivity (Wildman–Crippen MR) is 78.0 cm³/mol. The molecule has 2 saturated heterocycles. The summed E-state index contributed by atoms with van der Waals surface area (Å²) in [6.07, 6.45) is 3.20. The van der Waals surface area contributed by atoms with Crippen LogP contribution in [0.1, 0.15) is 38.5 Å². The lowest BCUT2D eigenvalue weighted by Crippen LogP contribution is -2.49. The summed E-state index contributed by atoms with van der Waals surface area (Å²) in [5.41, 5.74) is 0. The summed E-state index contributed by atoms with van der Waals surface area (Å²) in [7, 11) is 1.31. The van der Waals surface area contributed by atoms with Crippen LogP contribution in [0.4, 0.5) is 0 Å². The average molecular weight is 312 g/mol. The number of hydrogen-bond acceptors (Lipinski definition) is 5. The summed E-state index contributed by atoms with van der Waals surface area (Å²) in [6.45, 7) is 1.95. The first kappa shape index (κ1) is 16.7. The summed E-state index contributed by atoms with van der Waals surface area (Å²) in [6, 6.07) is 0.0682. The van der Waals surface area contributed by atoms with Crippen molar-refractivity contribution >= 4 is 17.8 Å². The summed E-state index contributed by atoms with van der Waals surface area (Å²) >= 11 is 0. The SMILES string of the molecule is COC(=O)CCC(=O)NC1CCN(C(=O)C2CCCO2)CC1. The van der Waals surface area contributed by atoms with Crippen molar-refractivity contribution in [2.75, 3.05) is 26.8 Å². The average Bonchev–Trinajstić information content (AvgIpc) is 3.07. The Morgan fingerprint density at radius 3 is 2.50 bits per heavy atom. The zero-order valence-corrected chi connectivity index (χ0v) is 13.0. The molecule has 2 amide bonds. The Morgan fingerprint density at radius 1 is 1.18 bits per heavy atom. The highest BCUT2D eigenvalue weighted by Crippen LogP contribution is 2.18. The molecule has 0 aromatic carbocycles. The van der Waals surface area contributed by atoms with Crippen LogP contribution in [0.25, 0.3) is 0 Å². The molecule has 0 aliphatic carbocycles. The summed E-state index contributed by atoms with van der Waals surface area (Å²) in [5.74, 6) is -0.450. The number of nitrogens with one attached hydrogen (secondary N) is 1. The first-order chi connectivity index (χ1) is 10.6. The van der Waals surface area contributed by atoms with Crippen LogP contribution >= 0.6 is 0 Å². The van der Waals surface area contributed by atoms with Crippen molar-refractivity contribution in [1.82, 2.24) is 10.2 Å². The smallest absolute Gasteiger partial charge is 0.306 e. The number of piperidine rings is 1. The van der Waals surface area contributed by atoms with Gasteiger partial charge in [0.15, 0.2) is 0 Å². The van der Waals surface area contributed by atoms with Crippen molar-refractivity contribution in [3.63, 3.8) is 0 Å². The number of rotatable bonds is 5. The van der Waals surface area contributed by atoms with E-state index in [0.29, 0.717) is 19.7 Å². The highest BCUT2D eigenvalue weighted by molar-refractivity contribution is 5.82. The maximum Gasteiger partial charge on any atom is 0.306 e. The van der Waals surface area contributed by atoms with Gasteiger partial charge in [0.25, 0.3) is 5.91 Å². The molecule has 1 atom stereocenters. The zero-order chi connectivity index (χ0) is 15.9. The maximum absolute atomic E-state index is 12.2. The van der Waals surface area contributed by atoms with Gasteiger partial charge in [0.05, 0.1) is 13.5 Å². The van der Waals surface area contributed by atoms with E-state index < -0.39 is 0 Å². The molecule has 2 heterocycles. The number of methoxy groups -OCH3 is 1. The van der Waals surface area contributed by atoms with E-state index in [2.05, 4.69) is 10.1 Å². The zero-order valence-electron chi connectivity index (χ0n) is 13.0. The Morgan fingerprint density at radius 2 is 1.91 bits per heavy atom. The lowest BCUT2D eigenvalue weighted by atomic mass is 10.0. The van der Waals surface area contributed by atoms with E-state index in [4.69, 9.17) is 4.74 Å². The molecule has 0 spiro atoms. The molecular formula is C15H24N2O5. The minimum atomic E-state index is -0.382. The van der Waals surface area contributed by atoms with Crippen molar-refractivity contribution < 1.29 is 23.9 Å². The van der Waals surface area contributed by atoms with Crippen molar-refractivity contribution in [1.29, 1.82) is 0 Å². The first-order valence-corrected chi connectivity index (χ1v) is 7.86. The minimum Gasteiger partial charge on any atom is -0.469 e. The molecule has 1 unspecified atom stereocenters. The second-order valence-corrected chi connectivity index (χ2v) is 5.74. The number of hydrogen-bond donors (Lipinski definition) is 1. The summed E-state index contributed by atoms with van der Waals surface area (Å²) < 4.78 is 9.92. The van der Waals surface area contributed by atoms with Crippen molar-refractivity contribution in [2.24, 2.45) is 0 Å². The standard InChI is InChI=1S/C15H24N2O5/c1-21-14(19)5-4-13(18)16-11-6-8-17(9-7-11)15(20)12-3-2-10-22-12/h11-12H,2-10H2,1H3,(H,16,18). The Bertz CT molecular complexity index is 412. The first-order valence-electron chi connectivity index (χ1n) is 7.86. The third kappa shape index (κ3) is 4.69. The van der Waals surface area contributed by atoms with E-state index in [0.717, 1.165) is 25.7 Å². The highest BCUT2D eigenvalue weighted by atomic mass is 16.5. The van der Waals surface area contributed by atoms with Gasteiger partial charge >= 0.3 is 5.97 Å². The second-order valence-electron chi connectivity index (χ2n) is 5.74. The summed E-state index contributed by atoms with van der Waals surface area (Å²) in [5, 5.41) is 2.91. The fourth-order valence-corrected chi connectivity index (χ4v) is 2.84. The van der Waals surface area contributed by atoms with Crippen LogP contribution in [0.5, 0.6) is 0 Å². The number of ether oxygens (including phenoxy) is 2. The van der Waals surface area contributed by atoms with E-state index >= 15 is 0 Å². The number of likely N-dealkylation sites (tertiary alicyclic amines) is 1. The van der Waals surface area contributed by atoms with Crippen LogP contribution in [0.15, 0.2) is 0 Å². The van der Waals surface area contributed by atoms with Gasteiger partial charge in [-0.1, -0.05) is 0 Å². The number of amides is 2. The van der Waals surface area contributed by atoms with Gasteiger partial charge in [-0.2, -0.15) is 0 Å². The van der Waals surface area contributed by atoms with Gasteiger partial charge in [-0.05, 0) is 25.7 Å². The second kappa shape index (κ2) is 8.12. The topological polar surface area (TPSA) is 84.9 Å². The molecule has 0 radical (unpaired) electrons. The van der Waals surface area contributed by atoms with Crippen molar-refractivity contribution in [3.8, 4) is 0 Å². The van der Waals surface area contributed by atoms with Crippen molar-refractivity contribution in [2.45, 2.75) is 50.7 Å². The van der Waals surface area contributed by atoms with Gasteiger partial charge in [0.2, 0.25) is 5.91 Å². The Kier molecular flexibility index (Phi) is 6.18. The van der Waals surface area contributed by atoms with E-state index in [1.54, 1.807) is 0 Å². The van der Waals surface area contributed by atoms with E-state index in [1.807, 2.05) is 4.90 Å². The van der Waals surface area contributed by atoms with Crippen LogP contribution in [-0.4, -0.2) is 61.6 Å². The Hall–Kier alpha value is -1.63. The molecule has 0 bridgehead atoms. The lowest BCUT2D eigenvalue weighted by Gasteiger charge is -2.33. The Balaban J connectivity index is 1.67. The van der Waals surface area contributed by atoms with Crippen LogP contribution < -0.4 is 5.32 Å².